The summed E-state index contributed by atoms with van der Waals surface area (Å²) in [6, 6.07) is 0.572. The standard InChI is InChI=1S/C16H28BrN3/c1-6-8-18-13(12-10-16(12,4)5)9-14-15(17)11(3)19-20(14)7-2/h12-13,18H,6-10H2,1-5H3. The average molecular weight is 342 g/mol. The summed E-state index contributed by atoms with van der Waals surface area (Å²) in [5, 5.41) is 8.38. The minimum Gasteiger partial charge on any atom is -0.313 e. The van der Waals surface area contributed by atoms with Crippen molar-refractivity contribution >= 4 is 15.9 Å². The summed E-state index contributed by atoms with van der Waals surface area (Å²) in [6.07, 6.45) is 3.60. The number of aromatic nitrogens is 2. The minimum atomic E-state index is 0.504. The van der Waals surface area contributed by atoms with Gasteiger partial charge >= 0.3 is 0 Å². The third-order valence-electron chi connectivity index (χ3n) is 4.60. The summed E-state index contributed by atoms with van der Waals surface area (Å²) in [6.45, 7) is 13.3. The highest BCUT2D eigenvalue weighted by molar-refractivity contribution is 9.10. The first-order valence-corrected chi connectivity index (χ1v) is 8.65. The molecule has 1 aliphatic carbocycles. The van der Waals surface area contributed by atoms with E-state index in [2.05, 4.69) is 65.6 Å². The van der Waals surface area contributed by atoms with Crippen molar-refractivity contribution in [1.29, 1.82) is 0 Å². The Morgan fingerprint density at radius 2 is 2.10 bits per heavy atom. The van der Waals surface area contributed by atoms with E-state index in [9.17, 15) is 0 Å². The summed E-state index contributed by atoms with van der Waals surface area (Å²) in [4.78, 5) is 0. The maximum Gasteiger partial charge on any atom is 0.0738 e. The molecule has 0 radical (unpaired) electrons. The second kappa shape index (κ2) is 6.18. The van der Waals surface area contributed by atoms with Gasteiger partial charge in [-0.1, -0.05) is 20.8 Å². The fourth-order valence-corrected chi connectivity index (χ4v) is 3.60. The van der Waals surface area contributed by atoms with Gasteiger partial charge in [0.05, 0.1) is 15.9 Å². The van der Waals surface area contributed by atoms with Crippen molar-refractivity contribution in [2.24, 2.45) is 11.3 Å². The van der Waals surface area contributed by atoms with E-state index in [1.807, 2.05) is 0 Å². The van der Waals surface area contributed by atoms with Gasteiger partial charge in [0.1, 0.15) is 0 Å². The van der Waals surface area contributed by atoms with E-state index < -0.39 is 0 Å². The monoisotopic (exact) mass is 341 g/mol. The maximum atomic E-state index is 4.62. The largest absolute Gasteiger partial charge is 0.313 e. The zero-order valence-electron chi connectivity index (χ0n) is 13.5. The topological polar surface area (TPSA) is 29.9 Å². The fraction of sp³-hybridized carbons (Fsp3) is 0.812. The summed E-state index contributed by atoms with van der Waals surface area (Å²) in [5.41, 5.74) is 2.96. The van der Waals surface area contributed by atoms with Crippen LogP contribution in [0.1, 0.15) is 51.9 Å². The van der Waals surface area contributed by atoms with Gasteiger partial charge in [-0.05, 0) is 60.5 Å². The van der Waals surface area contributed by atoms with Crippen molar-refractivity contribution in [2.45, 2.75) is 66.5 Å². The molecule has 1 aromatic rings. The predicted octanol–water partition coefficient (Wildman–Crippen LogP) is 3.93. The molecule has 2 atom stereocenters. The van der Waals surface area contributed by atoms with Gasteiger partial charge in [0.15, 0.2) is 0 Å². The van der Waals surface area contributed by atoms with Crippen molar-refractivity contribution < 1.29 is 0 Å². The van der Waals surface area contributed by atoms with Gasteiger partial charge in [0, 0.05) is 19.0 Å². The van der Waals surface area contributed by atoms with Gasteiger partial charge in [0.25, 0.3) is 0 Å². The van der Waals surface area contributed by atoms with Crippen LogP contribution in [0.5, 0.6) is 0 Å². The fourth-order valence-electron chi connectivity index (χ4n) is 3.15. The highest BCUT2D eigenvalue weighted by atomic mass is 79.9. The first-order chi connectivity index (χ1) is 9.40. The molecule has 1 heterocycles. The molecular weight excluding hydrogens is 314 g/mol. The number of halogens is 1. The zero-order valence-corrected chi connectivity index (χ0v) is 15.0. The van der Waals surface area contributed by atoms with Crippen molar-refractivity contribution in [2.75, 3.05) is 6.54 Å². The molecule has 0 aliphatic heterocycles. The smallest absolute Gasteiger partial charge is 0.0738 e. The van der Waals surface area contributed by atoms with Gasteiger partial charge in [-0.3, -0.25) is 4.68 Å². The van der Waals surface area contributed by atoms with Gasteiger partial charge in [-0.25, -0.2) is 0 Å². The summed E-state index contributed by atoms with van der Waals surface area (Å²) in [7, 11) is 0. The number of hydrogen-bond acceptors (Lipinski definition) is 2. The number of rotatable bonds is 7. The summed E-state index contributed by atoms with van der Waals surface area (Å²) >= 11 is 3.73. The van der Waals surface area contributed by atoms with Crippen LogP contribution in [0.15, 0.2) is 4.47 Å². The Morgan fingerprint density at radius 1 is 1.45 bits per heavy atom. The lowest BCUT2D eigenvalue weighted by molar-refractivity contribution is 0.393. The minimum absolute atomic E-state index is 0.504. The molecule has 4 heteroatoms. The van der Waals surface area contributed by atoms with Crippen LogP contribution in [-0.4, -0.2) is 22.4 Å². The molecule has 3 nitrogen and oxygen atoms in total. The van der Waals surface area contributed by atoms with Crippen LogP contribution < -0.4 is 5.32 Å². The number of nitrogens with one attached hydrogen (secondary N) is 1. The highest BCUT2D eigenvalue weighted by Crippen LogP contribution is 2.54. The van der Waals surface area contributed by atoms with Crippen LogP contribution in [0.2, 0.25) is 0 Å². The van der Waals surface area contributed by atoms with Crippen molar-refractivity contribution in [3.63, 3.8) is 0 Å². The van der Waals surface area contributed by atoms with E-state index in [0.29, 0.717) is 11.5 Å². The molecule has 0 aromatic carbocycles. The van der Waals surface area contributed by atoms with Gasteiger partial charge < -0.3 is 5.32 Å². The molecule has 2 unspecified atom stereocenters. The molecular formula is C16H28BrN3. The van der Waals surface area contributed by atoms with E-state index in [4.69, 9.17) is 0 Å². The number of nitrogens with zero attached hydrogens (tertiary/aromatic N) is 2. The molecule has 0 spiro atoms. The molecule has 114 valence electrons. The van der Waals surface area contributed by atoms with Crippen molar-refractivity contribution in [1.82, 2.24) is 15.1 Å². The summed E-state index contributed by atoms with van der Waals surface area (Å²) in [5.74, 6) is 0.793. The molecule has 1 saturated carbocycles. The molecule has 0 bridgehead atoms. The van der Waals surface area contributed by atoms with Crippen LogP contribution in [0.4, 0.5) is 0 Å². The number of hydrogen-bond donors (Lipinski definition) is 1. The average Bonchev–Trinajstić information content (AvgIpc) is 2.95. The molecule has 1 aliphatic rings. The number of aryl methyl sites for hydroxylation is 2. The van der Waals surface area contributed by atoms with Crippen molar-refractivity contribution in [3.05, 3.63) is 15.9 Å². The second-order valence-electron chi connectivity index (χ2n) is 6.73. The third kappa shape index (κ3) is 3.28. The quantitative estimate of drug-likeness (QED) is 0.814. The van der Waals surface area contributed by atoms with Crippen LogP contribution >= 0.6 is 15.9 Å². The Balaban J connectivity index is 2.15. The van der Waals surface area contributed by atoms with Crippen LogP contribution in [0, 0.1) is 18.3 Å². The Hall–Kier alpha value is -0.350. The lowest BCUT2D eigenvalue weighted by atomic mass is 9.99. The molecule has 2 rings (SSSR count). The van der Waals surface area contributed by atoms with E-state index in [0.717, 1.165) is 31.1 Å². The Morgan fingerprint density at radius 3 is 2.60 bits per heavy atom. The first kappa shape index (κ1) is 16.0. The van der Waals surface area contributed by atoms with Crippen molar-refractivity contribution in [3.8, 4) is 0 Å². The van der Waals surface area contributed by atoms with E-state index >= 15 is 0 Å². The highest BCUT2D eigenvalue weighted by Gasteiger charge is 2.50. The normalized spacial score (nSPS) is 22.0. The molecule has 1 aromatic heterocycles. The van der Waals surface area contributed by atoms with E-state index in [1.54, 1.807) is 0 Å². The Labute approximate surface area is 131 Å². The predicted molar refractivity (Wildman–Crippen MR) is 88.0 cm³/mol. The lowest BCUT2D eigenvalue weighted by Crippen LogP contribution is -2.36. The van der Waals surface area contributed by atoms with Crippen LogP contribution in [0.3, 0.4) is 0 Å². The first-order valence-electron chi connectivity index (χ1n) is 7.85. The second-order valence-corrected chi connectivity index (χ2v) is 7.52. The van der Waals surface area contributed by atoms with E-state index in [-0.39, 0.29) is 0 Å². The molecule has 1 fully saturated rings. The SMILES string of the molecule is CCCNC(Cc1c(Br)c(C)nn1CC)C1CC1(C)C. The van der Waals surface area contributed by atoms with Gasteiger partial charge in [0.2, 0.25) is 0 Å². The lowest BCUT2D eigenvalue weighted by Gasteiger charge is -2.21. The van der Waals surface area contributed by atoms with Crippen LogP contribution in [-0.2, 0) is 13.0 Å². The maximum absolute atomic E-state index is 4.62. The third-order valence-corrected chi connectivity index (χ3v) is 5.63. The van der Waals surface area contributed by atoms with Crippen LogP contribution in [0.25, 0.3) is 0 Å². The molecule has 0 amide bonds. The molecule has 0 saturated heterocycles. The summed E-state index contributed by atoms with van der Waals surface area (Å²) < 4.78 is 3.34. The van der Waals surface area contributed by atoms with E-state index in [1.165, 1.54) is 23.0 Å². The van der Waals surface area contributed by atoms with Gasteiger partial charge in [-0.15, -0.1) is 0 Å². The Bertz CT molecular complexity index is 465. The Kier molecular flexibility index (Phi) is 4.96. The molecule has 20 heavy (non-hydrogen) atoms. The van der Waals surface area contributed by atoms with Gasteiger partial charge in [-0.2, -0.15) is 5.10 Å². The molecule has 1 N–H and O–H groups in total. The zero-order chi connectivity index (χ0) is 14.9.